The van der Waals surface area contributed by atoms with Crippen molar-refractivity contribution < 1.29 is 14.3 Å². The molecule has 1 heterocycles. The van der Waals surface area contributed by atoms with Gasteiger partial charge in [0.05, 0.1) is 24.1 Å². The highest BCUT2D eigenvalue weighted by molar-refractivity contribution is 7.80. The molecule has 0 aromatic carbocycles. The molecule has 1 aliphatic rings. The van der Waals surface area contributed by atoms with Crippen molar-refractivity contribution in [3.8, 4) is 0 Å². The highest BCUT2D eigenvalue weighted by atomic mass is 32.1. The zero-order valence-corrected chi connectivity index (χ0v) is 13.7. The molecule has 1 saturated heterocycles. The predicted molar refractivity (Wildman–Crippen MR) is 84.7 cm³/mol. The number of hydrogen-bond donors (Lipinski definition) is 2. The lowest BCUT2D eigenvalue weighted by Gasteiger charge is -2.37. The van der Waals surface area contributed by atoms with Gasteiger partial charge in [0.15, 0.2) is 0 Å². The summed E-state index contributed by atoms with van der Waals surface area (Å²) in [4.78, 5) is 26.6. The number of hydrogen-bond acceptors (Lipinski definition) is 4. The van der Waals surface area contributed by atoms with E-state index in [1.54, 1.807) is 4.90 Å². The first-order chi connectivity index (χ1) is 9.90. The number of ether oxygens (including phenoxy) is 1. The molecule has 0 aromatic heterocycles. The van der Waals surface area contributed by atoms with Gasteiger partial charge in [0.25, 0.3) is 0 Å². The van der Waals surface area contributed by atoms with E-state index < -0.39 is 12.0 Å². The van der Waals surface area contributed by atoms with Crippen LogP contribution in [0.4, 0.5) is 0 Å². The molecular formula is C14H25N3O3S. The zero-order valence-electron chi connectivity index (χ0n) is 12.9. The molecular weight excluding hydrogens is 290 g/mol. The van der Waals surface area contributed by atoms with E-state index in [0.717, 1.165) is 6.42 Å². The van der Waals surface area contributed by atoms with Crippen molar-refractivity contribution in [1.82, 2.24) is 10.2 Å². The van der Waals surface area contributed by atoms with E-state index in [9.17, 15) is 9.59 Å². The lowest BCUT2D eigenvalue weighted by molar-refractivity contribution is -0.150. The van der Waals surface area contributed by atoms with Crippen molar-refractivity contribution in [2.75, 3.05) is 26.3 Å². The molecule has 6 nitrogen and oxygen atoms in total. The molecule has 0 spiro atoms. The van der Waals surface area contributed by atoms with Crippen LogP contribution in [-0.4, -0.2) is 54.0 Å². The summed E-state index contributed by atoms with van der Waals surface area (Å²) in [5, 5.41) is 2.81. The molecule has 0 radical (unpaired) electrons. The molecule has 3 N–H and O–H groups in total. The highest BCUT2D eigenvalue weighted by Crippen LogP contribution is 2.19. The van der Waals surface area contributed by atoms with Gasteiger partial charge in [0.2, 0.25) is 11.8 Å². The second-order valence-electron chi connectivity index (χ2n) is 5.54. The van der Waals surface area contributed by atoms with Gasteiger partial charge < -0.3 is 20.7 Å². The lowest BCUT2D eigenvalue weighted by atomic mass is 9.93. The van der Waals surface area contributed by atoms with Crippen LogP contribution < -0.4 is 11.1 Å². The Morgan fingerprint density at radius 1 is 1.48 bits per heavy atom. The second-order valence-corrected chi connectivity index (χ2v) is 6.01. The number of carbonyl (C=O) groups excluding carboxylic acids is 2. The minimum atomic E-state index is -0.603. The first-order valence-electron chi connectivity index (χ1n) is 7.35. The van der Waals surface area contributed by atoms with Gasteiger partial charge in [-0.2, -0.15) is 0 Å². The fourth-order valence-corrected chi connectivity index (χ4v) is 2.74. The molecule has 2 atom stereocenters. The van der Waals surface area contributed by atoms with Crippen molar-refractivity contribution >= 4 is 29.0 Å². The van der Waals surface area contributed by atoms with E-state index in [-0.39, 0.29) is 29.3 Å². The molecule has 0 aliphatic carbocycles. The first-order valence-corrected chi connectivity index (χ1v) is 7.76. The third-order valence-corrected chi connectivity index (χ3v) is 3.76. The number of morpholine rings is 1. The maximum Gasteiger partial charge on any atom is 0.245 e. The molecule has 2 unspecified atom stereocenters. The van der Waals surface area contributed by atoms with Crippen molar-refractivity contribution in [3.05, 3.63) is 0 Å². The van der Waals surface area contributed by atoms with E-state index >= 15 is 0 Å². The summed E-state index contributed by atoms with van der Waals surface area (Å²) in [5.74, 6) is -0.912. The summed E-state index contributed by atoms with van der Waals surface area (Å²) in [6.07, 6.45) is 0.842. The van der Waals surface area contributed by atoms with E-state index in [1.165, 1.54) is 0 Å². The molecule has 1 fully saturated rings. The topological polar surface area (TPSA) is 84.7 Å². The summed E-state index contributed by atoms with van der Waals surface area (Å²) in [7, 11) is 0. The van der Waals surface area contributed by atoms with Gasteiger partial charge in [-0.05, 0) is 12.3 Å². The number of nitrogens with one attached hydrogen (secondary N) is 1. The van der Waals surface area contributed by atoms with Crippen molar-refractivity contribution in [1.29, 1.82) is 0 Å². The Hall–Kier alpha value is -1.21. The predicted octanol–water partition coefficient (Wildman–Crippen LogP) is 0.298. The average molecular weight is 315 g/mol. The molecule has 0 saturated carbocycles. The van der Waals surface area contributed by atoms with Gasteiger partial charge in [0, 0.05) is 13.1 Å². The summed E-state index contributed by atoms with van der Waals surface area (Å²) in [6.45, 7) is 7.37. The fourth-order valence-electron chi connectivity index (χ4n) is 2.36. The number of rotatable bonds is 6. The summed E-state index contributed by atoms with van der Waals surface area (Å²) in [6, 6.07) is -0.603. The Morgan fingerprint density at radius 3 is 2.67 bits per heavy atom. The molecule has 0 aromatic rings. The number of nitrogens with zero attached hydrogens (tertiary/aromatic N) is 1. The van der Waals surface area contributed by atoms with Crippen LogP contribution in [-0.2, 0) is 14.3 Å². The normalized spacial score (nSPS) is 20.2. The molecule has 1 aliphatic heterocycles. The van der Waals surface area contributed by atoms with E-state index in [0.29, 0.717) is 19.7 Å². The molecule has 7 heteroatoms. The van der Waals surface area contributed by atoms with Crippen LogP contribution in [0.15, 0.2) is 0 Å². The first kappa shape index (κ1) is 17.8. The average Bonchev–Trinajstić information content (AvgIpc) is 2.43. The quantitative estimate of drug-likeness (QED) is 0.689. The standard InChI is InChI=1S/C14H25N3O3S/c1-4-5-16-13(18)10-8-20-7-6-17(10)14(19)11(9(2)3)12(15)21/h9-11H,4-8H2,1-3H3,(H2,15,21)(H,16,18). The minimum Gasteiger partial charge on any atom is -0.393 e. The largest absolute Gasteiger partial charge is 0.393 e. The zero-order chi connectivity index (χ0) is 16.0. The number of thiocarbonyl (C=S) groups is 1. The van der Waals surface area contributed by atoms with Gasteiger partial charge in [-0.3, -0.25) is 9.59 Å². The Labute approximate surface area is 131 Å². The minimum absolute atomic E-state index is 0.00259. The van der Waals surface area contributed by atoms with Crippen molar-refractivity contribution in [2.24, 2.45) is 17.6 Å². The van der Waals surface area contributed by atoms with Crippen LogP contribution in [0.25, 0.3) is 0 Å². The van der Waals surface area contributed by atoms with Gasteiger partial charge >= 0.3 is 0 Å². The van der Waals surface area contributed by atoms with E-state index in [1.807, 2.05) is 20.8 Å². The van der Waals surface area contributed by atoms with Gasteiger partial charge in [-0.15, -0.1) is 0 Å². The van der Waals surface area contributed by atoms with Crippen LogP contribution in [0, 0.1) is 11.8 Å². The van der Waals surface area contributed by atoms with Crippen LogP contribution in [0.3, 0.4) is 0 Å². The fraction of sp³-hybridized carbons (Fsp3) is 0.786. The molecule has 1 rings (SSSR count). The van der Waals surface area contributed by atoms with Crippen molar-refractivity contribution in [2.45, 2.75) is 33.2 Å². The molecule has 21 heavy (non-hydrogen) atoms. The second kappa shape index (κ2) is 8.29. The maximum atomic E-state index is 12.7. The Bertz CT molecular complexity index is 401. The van der Waals surface area contributed by atoms with Crippen LogP contribution in [0.1, 0.15) is 27.2 Å². The lowest BCUT2D eigenvalue weighted by Crippen LogP contribution is -2.58. The highest BCUT2D eigenvalue weighted by Gasteiger charge is 2.37. The summed E-state index contributed by atoms with van der Waals surface area (Å²) >= 11 is 5.01. The number of nitrogens with two attached hydrogens (primary N) is 1. The van der Waals surface area contributed by atoms with Crippen LogP contribution in [0.5, 0.6) is 0 Å². The van der Waals surface area contributed by atoms with Gasteiger partial charge in [-0.25, -0.2) is 0 Å². The van der Waals surface area contributed by atoms with Gasteiger partial charge in [-0.1, -0.05) is 33.0 Å². The Morgan fingerprint density at radius 2 is 2.14 bits per heavy atom. The van der Waals surface area contributed by atoms with Gasteiger partial charge in [0.1, 0.15) is 6.04 Å². The monoisotopic (exact) mass is 315 g/mol. The van der Waals surface area contributed by atoms with Crippen LogP contribution in [0.2, 0.25) is 0 Å². The van der Waals surface area contributed by atoms with E-state index in [4.69, 9.17) is 22.7 Å². The smallest absolute Gasteiger partial charge is 0.245 e. The van der Waals surface area contributed by atoms with Crippen molar-refractivity contribution in [3.63, 3.8) is 0 Å². The van der Waals surface area contributed by atoms with E-state index in [2.05, 4.69) is 5.32 Å². The molecule has 2 amide bonds. The Balaban J connectivity index is 2.87. The molecule has 0 bridgehead atoms. The third kappa shape index (κ3) is 4.64. The number of amides is 2. The molecule has 120 valence electrons. The van der Waals surface area contributed by atoms with Crippen LogP contribution >= 0.6 is 12.2 Å². The summed E-state index contributed by atoms with van der Waals surface area (Å²) < 4.78 is 5.35. The SMILES string of the molecule is CCCNC(=O)C1COCCN1C(=O)C(C(N)=S)C(C)C. The maximum absolute atomic E-state index is 12.7. The summed E-state index contributed by atoms with van der Waals surface area (Å²) in [5.41, 5.74) is 5.70. The third-order valence-electron chi connectivity index (χ3n) is 3.50. The Kier molecular flexibility index (Phi) is 7.04. The number of carbonyl (C=O) groups is 2.